The molecule has 3 unspecified atom stereocenters. The van der Waals surface area contributed by atoms with Gasteiger partial charge >= 0.3 is 0 Å². The molecule has 3 aliphatic rings. The van der Waals surface area contributed by atoms with Crippen molar-refractivity contribution in [2.75, 3.05) is 18.1 Å². The van der Waals surface area contributed by atoms with Gasteiger partial charge in [0.2, 0.25) is 0 Å². The third-order valence-electron chi connectivity index (χ3n) is 5.02. The summed E-state index contributed by atoms with van der Waals surface area (Å²) in [6.07, 6.45) is 9.04. The number of ether oxygens (including phenoxy) is 1. The van der Waals surface area contributed by atoms with Gasteiger partial charge in [-0.05, 0) is 61.9 Å². The Morgan fingerprint density at radius 2 is 1.94 bits per heavy atom. The number of hydrogen-bond donors (Lipinski definition) is 0. The van der Waals surface area contributed by atoms with Crippen LogP contribution in [0.2, 0.25) is 0 Å². The Bertz CT molecular complexity index is 259. The number of hydrogen-bond acceptors (Lipinski definition) is 2. The molecule has 0 radical (unpaired) electrons. The molecule has 2 aliphatic heterocycles. The molecule has 3 rings (SSSR count). The van der Waals surface area contributed by atoms with E-state index in [2.05, 4.69) is 11.8 Å². The van der Waals surface area contributed by atoms with Gasteiger partial charge in [-0.3, -0.25) is 0 Å². The van der Waals surface area contributed by atoms with Crippen molar-refractivity contribution in [1.29, 1.82) is 0 Å². The Morgan fingerprint density at radius 3 is 2.65 bits per heavy atom. The van der Waals surface area contributed by atoms with Crippen LogP contribution in [0.25, 0.3) is 0 Å². The third kappa shape index (κ3) is 2.64. The van der Waals surface area contributed by atoms with E-state index < -0.39 is 0 Å². The lowest BCUT2D eigenvalue weighted by Gasteiger charge is -2.45. The molecule has 3 heteroatoms. The molecule has 0 bridgehead atoms. The van der Waals surface area contributed by atoms with Gasteiger partial charge in [0.05, 0.1) is 5.60 Å². The number of rotatable bonds is 1. The molecule has 98 valence electrons. The number of thioether (sulfide) groups is 1. The van der Waals surface area contributed by atoms with Gasteiger partial charge in [-0.1, -0.05) is 6.42 Å². The van der Waals surface area contributed by atoms with Crippen LogP contribution in [0, 0.1) is 11.8 Å². The minimum atomic E-state index is 0.243. The molecule has 17 heavy (non-hydrogen) atoms. The van der Waals surface area contributed by atoms with Crippen molar-refractivity contribution >= 4 is 23.4 Å². The summed E-state index contributed by atoms with van der Waals surface area (Å²) in [6, 6.07) is 0. The second-order valence-electron chi connectivity index (χ2n) is 6.01. The predicted octanol–water partition coefficient (Wildman–Crippen LogP) is 4.09. The summed E-state index contributed by atoms with van der Waals surface area (Å²) >= 11 is 8.58. The first-order chi connectivity index (χ1) is 8.29. The normalized spacial score (nSPS) is 41.8. The van der Waals surface area contributed by atoms with E-state index >= 15 is 0 Å². The maximum Gasteiger partial charge on any atom is 0.0701 e. The number of alkyl halides is 1. The molecular formula is C14H23ClOS. The first-order valence-electron chi connectivity index (χ1n) is 7.15. The Hall–Kier alpha value is 0.600. The second-order valence-corrected chi connectivity index (χ2v) is 7.79. The second kappa shape index (κ2) is 5.30. The topological polar surface area (TPSA) is 9.23 Å². The Balaban J connectivity index is 1.66. The average Bonchev–Trinajstić information content (AvgIpc) is 2.77. The molecule has 1 saturated carbocycles. The van der Waals surface area contributed by atoms with E-state index in [-0.39, 0.29) is 5.60 Å². The monoisotopic (exact) mass is 274 g/mol. The molecule has 2 saturated heterocycles. The minimum Gasteiger partial charge on any atom is -0.375 e. The van der Waals surface area contributed by atoms with Crippen molar-refractivity contribution in [2.45, 2.75) is 55.9 Å². The van der Waals surface area contributed by atoms with E-state index in [1.54, 1.807) is 0 Å². The molecule has 0 amide bonds. The van der Waals surface area contributed by atoms with Gasteiger partial charge in [-0.25, -0.2) is 0 Å². The standard InChI is InChI=1S/C14H23ClOS/c15-13-3-1-2-12(13)11-4-7-16-14(10-11)5-8-17-9-6-14/h11-13H,1-10H2. The molecule has 0 aromatic rings. The highest BCUT2D eigenvalue weighted by Crippen LogP contribution is 2.46. The maximum absolute atomic E-state index is 6.49. The van der Waals surface area contributed by atoms with E-state index in [1.807, 2.05) is 0 Å². The first-order valence-corrected chi connectivity index (χ1v) is 8.74. The van der Waals surface area contributed by atoms with Crippen LogP contribution in [-0.4, -0.2) is 29.1 Å². The van der Waals surface area contributed by atoms with E-state index in [0.29, 0.717) is 5.38 Å². The van der Waals surface area contributed by atoms with Gasteiger partial charge in [-0.15, -0.1) is 11.6 Å². The van der Waals surface area contributed by atoms with E-state index in [4.69, 9.17) is 16.3 Å². The SMILES string of the molecule is ClC1CCCC1C1CCOC2(CCSCC2)C1. The molecule has 0 aromatic carbocycles. The van der Waals surface area contributed by atoms with Crippen LogP contribution < -0.4 is 0 Å². The summed E-state index contributed by atoms with van der Waals surface area (Å²) in [7, 11) is 0. The smallest absolute Gasteiger partial charge is 0.0701 e. The minimum absolute atomic E-state index is 0.243. The van der Waals surface area contributed by atoms with Crippen molar-refractivity contribution in [3.63, 3.8) is 0 Å². The van der Waals surface area contributed by atoms with Crippen LogP contribution in [0.4, 0.5) is 0 Å². The molecular weight excluding hydrogens is 252 g/mol. The number of halogens is 1. The Kier molecular flexibility index (Phi) is 3.94. The summed E-state index contributed by atoms with van der Waals surface area (Å²) in [6.45, 7) is 0.982. The van der Waals surface area contributed by atoms with Crippen LogP contribution >= 0.6 is 23.4 Å². The fourth-order valence-electron chi connectivity index (χ4n) is 4.00. The summed E-state index contributed by atoms with van der Waals surface area (Å²) in [5.74, 6) is 4.22. The van der Waals surface area contributed by atoms with Gasteiger partial charge in [-0.2, -0.15) is 11.8 Å². The molecule has 0 aromatic heterocycles. The van der Waals surface area contributed by atoms with Crippen molar-refractivity contribution in [3.8, 4) is 0 Å². The zero-order valence-corrected chi connectivity index (χ0v) is 12.1. The highest BCUT2D eigenvalue weighted by Gasteiger charge is 2.43. The van der Waals surface area contributed by atoms with Gasteiger partial charge < -0.3 is 4.74 Å². The molecule has 1 nitrogen and oxygen atoms in total. The van der Waals surface area contributed by atoms with E-state index in [1.165, 1.54) is 56.5 Å². The van der Waals surface area contributed by atoms with Crippen LogP contribution in [0.3, 0.4) is 0 Å². The van der Waals surface area contributed by atoms with E-state index in [0.717, 1.165) is 18.4 Å². The quantitative estimate of drug-likeness (QED) is 0.666. The highest BCUT2D eigenvalue weighted by molar-refractivity contribution is 7.99. The predicted molar refractivity (Wildman–Crippen MR) is 74.9 cm³/mol. The largest absolute Gasteiger partial charge is 0.375 e. The summed E-state index contributed by atoms with van der Waals surface area (Å²) < 4.78 is 6.18. The lowest BCUT2D eigenvalue weighted by molar-refractivity contribution is -0.110. The lowest BCUT2D eigenvalue weighted by Crippen LogP contribution is -2.44. The summed E-state index contributed by atoms with van der Waals surface area (Å²) in [5, 5.41) is 0.452. The van der Waals surface area contributed by atoms with Crippen molar-refractivity contribution < 1.29 is 4.74 Å². The van der Waals surface area contributed by atoms with Crippen LogP contribution in [0.5, 0.6) is 0 Å². The third-order valence-corrected chi connectivity index (χ3v) is 6.55. The molecule has 1 spiro atoms. The van der Waals surface area contributed by atoms with Crippen molar-refractivity contribution in [1.82, 2.24) is 0 Å². The van der Waals surface area contributed by atoms with Gasteiger partial charge in [0.1, 0.15) is 0 Å². The summed E-state index contributed by atoms with van der Waals surface area (Å²) in [5.41, 5.74) is 0.243. The molecule has 1 aliphatic carbocycles. The Morgan fingerprint density at radius 1 is 1.12 bits per heavy atom. The lowest BCUT2D eigenvalue weighted by atomic mass is 9.75. The zero-order chi connectivity index (χ0) is 11.7. The van der Waals surface area contributed by atoms with Crippen LogP contribution in [0.1, 0.15) is 44.9 Å². The first kappa shape index (κ1) is 12.6. The van der Waals surface area contributed by atoms with E-state index in [9.17, 15) is 0 Å². The highest BCUT2D eigenvalue weighted by atomic mass is 35.5. The maximum atomic E-state index is 6.49. The summed E-state index contributed by atoms with van der Waals surface area (Å²) in [4.78, 5) is 0. The zero-order valence-electron chi connectivity index (χ0n) is 10.5. The molecule has 2 heterocycles. The molecule has 0 N–H and O–H groups in total. The molecule has 3 atom stereocenters. The van der Waals surface area contributed by atoms with Gasteiger partial charge in [0.15, 0.2) is 0 Å². The molecule has 3 fully saturated rings. The Labute approximate surface area is 114 Å². The fourth-order valence-corrected chi connectivity index (χ4v) is 5.72. The average molecular weight is 275 g/mol. The fraction of sp³-hybridized carbons (Fsp3) is 1.00. The van der Waals surface area contributed by atoms with Gasteiger partial charge in [0, 0.05) is 12.0 Å². The van der Waals surface area contributed by atoms with Crippen molar-refractivity contribution in [2.24, 2.45) is 11.8 Å². The van der Waals surface area contributed by atoms with Crippen molar-refractivity contribution in [3.05, 3.63) is 0 Å². The van der Waals surface area contributed by atoms with Crippen LogP contribution in [0.15, 0.2) is 0 Å². The van der Waals surface area contributed by atoms with Gasteiger partial charge in [0.25, 0.3) is 0 Å². The van der Waals surface area contributed by atoms with Crippen LogP contribution in [-0.2, 0) is 4.74 Å².